The number of anilines is 1. The summed E-state index contributed by atoms with van der Waals surface area (Å²) in [5, 5.41) is 10.2. The Morgan fingerprint density at radius 3 is 2.83 bits per heavy atom. The van der Waals surface area contributed by atoms with Gasteiger partial charge in [-0.2, -0.15) is 0 Å². The zero-order valence-electron chi connectivity index (χ0n) is 16.0. The molecule has 4 heterocycles. The van der Waals surface area contributed by atoms with Gasteiger partial charge in [-0.25, -0.2) is 9.97 Å². The van der Waals surface area contributed by atoms with Crippen molar-refractivity contribution in [2.24, 2.45) is 0 Å². The lowest BCUT2D eigenvalue weighted by molar-refractivity contribution is 0.102. The molecule has 29 heavy (non-hydrogen) atoms. The van der Waals surface area contributed by atoms with Crippen LogP contribution in [0.5, 0.6) is 0 Å². The number of amides is 1. The summed E-state index contributed by atoms with van der Waals surface area (Å²) in [7, 11) is 0. The van der Waals surface area contributed by atoms with Crippen molar-refractivity contribution < 1.29 is 9.32 Å². The molecule has 146 valence electrons. The van der Waals surface area contributed by atoms with Crippen molar-refractivity contribution in [2.45, 2.75) is 38.5 Å². The third kappa shape index (κ3) is 3.40. The summed E-state index contributed by atoms with van der Waals surface area (Å²) in [5.74, 6) is 0.285. The Bertz CT molecular complexity index is 1190. The molecule has 1 N–H and O–H groups in total. The first-order valence-corrected chi connectivity index (χ1v) is 10.5. The first-order valence-electron chi connectivity index (χ1n) is 9.58. The maximum atomic E-state index is 13.2. The van der Waals surface area contributed by atoms with E-state index in [0.717, 1.165) is 35.6 Å². The molecule has 1 saturated carbocycles. The van der Waals surface area contributed by atoms with E-state index in [-0.39, 0.29) is 11.8 Å². The number of pyridine rings is 2. The van der Waals surface area contributed by atoms with E-state index in [1.807, 2.05) is 43.5 Å². The summed E-state index contributed by atoms with van der Waals surface area (Å²) in [6.45, 7) is 4.04. The highest BCUT2D eigenvalue weighted by atomic mass is 32.1. The Kier molecular flexibility index (Phi) is 4.35. The van der Waals surface area contributed by atoms with Crippen LogP contribution in [-0.4, -0.2) is 26.0 Å². The van der Waals surface area contributed by atoms with Crippen LogP contribution < -0.4 is 5.32 Å². The number of nitrogens with zero attached hydrogens (tertiary/aromatic N) is 4. The molecular formula is C21H19N5O2S. The van der Waals surface area contributed by atoms with E-state index in [1.54, 1.807) is 6.20 Å². The van der Waals surface area contributed by atoms with Crippen LogP contribution in [0.3, 0.4) is 0 Å². The van der Waals surface area contributed by atoms with Crippen LogP contribution >= 0.6 is 11.3 Å². The number of aromatic nitrogens is 4. The van der Waals surface area contributed by atoms with E-state index in [4.69, 9.17) is 4.52 Å². The molecule has 5 rings (SSSR count). The molecule has 0 unspecified atom stereocenters. The van der Waals surface area contributed by atoms with Gasteiger partial charge in [-0.1, -0.05) is 25.1 Å². The maximum Gasteiger partial charge on any atom is 0.259 e. The van der Waals surface area contributed by atoms with Crippen molar-refractivity contribution in [1.82, 2.24) is 20.1 Å². The SMILES string of the molecule is CC(C)c1noc2nc(C3CC3)cc(C(=O)Nc3nc(-c4ccccn4)cs3)c12. The van der Waals surface area contributed by atoms with Gasteiger partial charge in [0.1, 0.15) is 5.69 Å². The summed E-state index contributed by atoms with van der Waals surface area (Å²) >= 11 is 1.37. The predicted octanol–water partition coefficient (Wildman–Crippen LogP) is 4.99. The summed E-state index contributed by atoms with van der Waals surface area (Å²) in [6, 6.07) is 7.54. The van der Waals surface area contributed by atoms with Gasteiger partial charge in [-0.3, -0.25) is 15.1 Å². The Morgan fingerprint density at radius 1 is 1.24 bits per heavy atom. The van der Waals surface area contributed by atoms with Crippen LogP contribution in [0, 0.1) is 0 Å². The van der Waals surface area contributed by atoms with E-state index < -0.39 is 0 Å². The number of nitrogens with one attached hydrogen (secondary N) is 1. The molecule has 0 spiro atoms. The third-order valence-electron chi connectivity index (χ3n) is 4.93. The van der Waals surface area contributed by atoms with Crippen LogP contribution in [0.4, 0.5) is 5.13 Å². The molecule has 1 amide bonds. The molecule has 4 aromatic heterocycles. The zero-order valence-corrected chi connectivity index (χ0v) is 16.9. The Hall–Kier alpha value is -3.13. The van der Waals surface area contributed by atoms with Crippen molar-refractivity contribution in [3.8, 4) is 11.4 Å². The van der Waals surface area contributed by atoms with Crippen LogP contribution in [0.1, 0.15) is 60.3 Å². The number of carbonyl (C=O) groups is 1. The van der Waals surface area contributed by atoms with Crippen molar-refractivity contribution in [1.29, 1.82) is 0 Å². The van der Waals surface area contributed by atoms with Crippen molar-refractivity contribution in [3.05, 3.63) is 52.8 Å². The van der Waals surface area contributed by atoms with Crippen LogP contribution in [0.25, 0.3) is 22.5 Å². The first kappa shape index (κ1) is 17.9. The molecule has 8 heteroatoms. The molecule has 7 nitrogen and oxygen atoms in total. The van der Waals surface area contributed by atoms with Gasteiger partial charge in [0.05, 0.1) is 22.3 Å². The van der Waals surface area contributed by atoms with Crippen molar-refractivity contribution in [2.75, 3.05) is 5.32 Å². The normalized spacial score (nSPS) is 13.9. The highest BCUT2D eigenvalue weighted by Crippen LogP contribution is 2.41. The number of rotatable bonds is 5. The second-order valence-electron chi connectivity index (χ2n) is 7.48. The fraction of sp³-hybridized carbons (Fsp3) is 0.286. The minimum Gasteiger partial charge on any atom is -0.335 e. The van der Waals surface area contributed by atoms with Gasteiger partial charge in [0, 0.05) is 23.2 Å². The van der Waals surface area contributed by atoms with Crippen LogP contribution in [-0.2, 0) is 0 Å². The number of hydrogen-bond acceptors (Lipinski definition) is 7. The molecule has 0 bridgehead atoms. The number of carbonyl (C=O) groups excluding carboxylic acids is 1. The largest absolute Gasteiger partial charge is 0.335 e. The van der Waals surface area contributed by atoms with Gasteiger partial charge >= 0.3 is 0 Å². The van der Waals surface area contributed by atoms with Gasteiger partial charge < -0.3 is 4.52 Å². The van der Waals surface area contributed by atoms with Gasteiger partial charge in [-0.15, -0.1) is 11.3 Å². The lowest BCUT2D eigenvalue weighted by atomic mass is 10.0. The molecule has 0 atom stereocenters. The smallest absolute Gasteiger partial charge is 0.259 e. The zero-order chi connectivity index (χ0) is 20.0. The van der Waals surface area contributed by atoms with E-state index in [0.29, 0.717) is 27.7 Å². The van der Waals surface area contributed by atoms with E-state index in [2.05, 4.69) is 25.4 Å². The van der Waals surface area contributed by atoms with Gasteiger partial charge in [0.25, 0.3) is 11.6 Å². The molecule has 0 aromatic carbocycles. The number of hydrogen-bond donors (Lipinski definition) is 1. The Balaban J connectivity index is 1.50. The van der Waals surface area contributed by atoms with Crippen LogP contribution in [0.2, 0.25) is 0 Å². The standard InChI is InChI=1S/C21H19N5O2S/c1-11(2)18-17-13(9-15(12-6-7-12)23-20(17)28-26-18)19(27)25-21-24-16(10-29-21)14-5-3-4-8-22-14/h3-5,8-12H,6-7H2,1-2H3,(H,24,25,27). The van der Waals surface area contributed by atoms with Crippen molar-refractivity contribution in [3.63, 3.8) is 0 Å². The average molecular weight is 405 g/mol. The minimum absolute atomic E-state index is 0.118. The van der Waals surface area contributed by atoms with Gasteiger partial charge in [-0.05, 0) is 37.0 Å². The fourth-order valence-corrected chi connectivity index (χ4v) is 3.98. The molecule has 1 aliphatic rings. The van der Waals surface area contributed by atoms with E-state index in [9.17, 15) is 4.79 Å². The maximum absolute atomic E-state index is 13.2. The minimum atomic E-state index is -0.230. The monoisotopic (exact) mass is 405 g/mol. The molecule has 4 aromatic rings. The average Bonchev–Trinajstić information content (AvgIpc) is 3.32. The molecule has 1 fully saturated rings. The van der Waals surface area contributed by atoms with Crippen molar-refractivity contribution >= 4 is 33.5 Å². The Morgan fingerprint density at radius 2 is 2.10 bits per heavy atom. The molecular weight excluding hydrogens is 386 g/mol. The summed E-state index contributed by atoms with van der Waals surface area (Å²) in [6.07, 6.45) is 3.90. The molecule has 0 radical (unpaired) electrons. The second kappa shape index (κ2) is 7.04. The topological polar surface area (TPSA) is 93.8 Å². The molecule has 0 aliphatic heterocycles. The molecule has 0 saturated heterocycles. The molecule has 1 aliphatic carbocycles. The number of fused-ring (bicyclic) bond motifs is 1. The highest BCUT2D eigenvalue weighted by Gasteiger charge is 2.29. The van der Waals surface area contributed by atoms with Crippen LogP contribution in [0.15, 0.2) is 40.4 Å². The fourth-order valence-electron chi connectivity index (χ4n) is 3.28. The quantitative estimate of drug-likeness (QED) is 0.502. The van der Waals surface area contributed by atoms with E-state index >= 15 is 0 Å². The van der Waals surface area contributed by atoms with E-state index in [1.165, 1.54) is 11.3 Å². The Labute approximate surface area is 171 Å². The van der Waals surface area contributed by atoms with Gasteiger partial charge in [0.15, 0.2) is 5.13 Å². The summed E-state index contributed by atoms with van der Waals surface area (Å²) < 4.78 is 5.47. The summed E-state index contributed by atoms with van der Waals surface area (Å²) in [4.78, 5) is 26.6. The van der Waals surface area contributed by atoms with Gasteiger partial charge in [0.2, 0.25) is 0 Å². The first-order chi connectivity index (χ1) is 14.1. The summed E-state index contributed by atoms with van der Waals surface area (Å²) in [5.41, 5.74) is 4.11. The third-order valence-corrected chi connectivity index (χ3v) is 5.69. The highest BCUT2D eigenvalue weighted by molar-refractivity contribution is 7.14. The predicted molar refractivity (Wildman–Crippen MR) is 111 cm³/mol. The second-order valence-corrected chi connectivity index (χ2v) is 8.34. The number of thiazole rings is 1. The lowest BCUT2D eigenvalue weighted by Gasteiger charge is -2.07. The lowest BCUT2D eigenvalue weighted by Crippen LogP contribution is -2.13.